The number of anilines is 1. The van der Waals surface area contributed by atoms with E-state index in [4.69, 9.17) is 12.2 Å². The average molecular weight is 356 g/mol. The molecule has 0 radical (unpaired) electrons. The second-order valence-electron chi connectivity index (χ2n) is 5.92. The number of nitrogens with zero attached hydrogens (tertiary/aromatic N) is 2. The molecular weight excluding hydrogens is 335 g/mol. The minimum Gasteiger partial charge on any atom is -0.371 e. The summed E-state index contributed by atoms with van der Waals surface area (Å²) in [5.41, 5.74) is 6.25. The van der Waals surface area contributed by atoms with Gasteiger partial charge in [-0.25, -0.2) is 4.39 Å². The Morgan fingerprint density at radius 2 is 1.72 bits per heavy atom. The van der Waals surface area contributed by atoms with Gasteiger partial charge in [-0.1, -0.05) is 30.3 Å². The van der Waals surface area contributed by atoms with Crippen LogP contribution in [0.5, 0.6) is 0 Å². The molecule has 1 saturated heterocycles. The van der Waals surface area contributed by atoms with Gasteiger partial charge in [0.1, 0.15) is 5.82 Å². The van der Waals surface area contributed by atoms with Crippen molar-refractivity contribution in [2.45, 2.75) is 19.4 Å². The zero-order chi connectivity index (χ0) is 17.5. The standard InChI is InChI=1S/C19H21FN4S/c20-16-6-8-18(9-7-16)24-12-10-17(11-13-24)22-23-19(25)21-14-15-4-2-1-3-5-15/h1-9H,10-14H2,(H2,21,23,25). The summed E-state index contributed by atoms with van der Waals surface area (Å²) in [7, 11) is 0. The molecule has 1 heterocycles. The number of benzene rings is 2. The van der Waals surface area contributed by atoms with Crippen LogP contribution in [0.25, 0.3) is 0 Å². The summed E-state index contributed by atoms with van der Waals surface area (Å²) >= 11 is 5.26. The van der Waals surface area contributed by atoms with Crippen LogP contribution in [0.15, 0.2) is 59.7 Å². The number of piperidine rings is 1. The van der Waals surface area contributed by atoms with E-state index in [0.717, 1.165) is 37.3 Å². The number of nitrogens with one attached hydrogen (secondary N) is 2. The quantitative estimate of drug-likeness (QED) is 0.650. The van der Waals surface area contributed by atoms with Crippen molar-refractivity contribution in [3.8, 4) is 0 Å². The first kappa shape index (κ1) is 17.4. The number of rotatable bonds is 4. The first-order valence-corrected chi connectivity index (χ1v) is 8.75. The number of hydrogen-bond donors (Lipinski definition) is 2. The number of hydrazone groups is 1. The molecule has 1 aliphatic heterocycles. The van der Waals surface area contributed by atoms with Gasteiger partial charge < -0.3 is 10.2 Å². The number of thiocarbonyl (C=S) groups is 1. The Balaban J connectivity index is 1.43. The Bertz CT molecular complexity index is 721. The summed E-state index contributed by atoms with van der Waals surface area (Å²) in [6, 6.07) is 16.7. The van der Waals surface area contributed by atoms with Crippen LogP contribution in [0.1, 0.15) is 18.4 Å². The van der Waals surface area contributed by atoms with Crippen molar-refractivity contribution in [3.63, 3.8) is 0 Å². The van der Waals surface area contributed by atoms with E-state index in [1.54, 1.807) is 0 Å². The maximum absolute atomic E-state index is 13.0. The third-order valence-corrected chi connectivity index (χ3v) is 4.38. The van der Waals surface area contributed by atoms with E-state index in [-0.39, 0.29) is 5.82 Å². The van der Waals surface area contributed by atoms with E-state index in [9.17, 15) is 4.39 Å². The third-order valence-electron chi connectivity index (χ3n) is 4.14. The van der Waals surface area contributed by atoms with Crippen molar-refractivity contribution < 1.29 is 4.39 Å². The summed E-state index contributed by atoms with van der Waals surface area (Å²) in [5.74, 6) is -0.205. The molecule has 0 atom stereocenters. The molecule has 25 heavy (non-hydrogen) atoms. The normalized spacial score (nSPS) is 14.1. The van der Waals surface area contributed by atoms with Crippen LogP contribution in [0.4, 0.5) is 10.1 Å². The van der Waals surface area contributed by atoms with E-state index in [1.807, 2.05) is 42.5 Å². The summed E-state index contributed by atoms with van der Waals surface area (Å²) in [5, 5.41) is 8.08. The molecule has 0 aromatic heterocycles. The molecule has 2 N–H and O–H groups in total. The SMILES string of the molecule is Fc1ccc(N2CCC(=NNC(=S)NCc3ccccc3)CC2)cc1. The fourth-order valence-electron chi connectivity index (χ4n) is 2.73. The number of hydrogen-bond acceptors (Lipinski definition) is 3. The van der Waals surface area contributed by atoms with Crippen LogP contribution in [0, 0.1) is 5.82 Å². The molecule has 3 rings (SSSR count). The minimum absolute atomic E-state index is 0.205. The van der Waals surface area contributed by atoms with Crippen molar-refractivity contribution in [2.75, 3.05) is 18.0 Å². The summed E-state index contributed by atoms with van der Waals surface area (Å²) in [4.78, 5) is 2.24. The zero-order valence-corrected chi connectivity index (χ0v) is 14.7. The molecule has 6 heteroatoms. The first-order chi connectivity index (χ1) is 12.2. The lowest BCUT2D eigenvalue weighted by Gasteiger charge is -2.29. The predicted molar refractivity (Wildman–Crippen MR) is 104 cm³/mol. The lowest BCUT2D eigenvalue weighted by Crippen LogP contribution is -2.36. The maximum atomic E-state index is 13.0. The Labute approximate surface area is 152 Å². The summed E-state index contributed by atoms with van der Waals surface area (Å²) in [6.45, 7) is 2.42. The van der Waals surface area contributed by atoms with Crippen molar-refractivity contribution in [3.05, 3.63) is 66.0 Å². The fraction of sp³-hybridized carbons (Fsp3) is 0.263. The Kier molecular flexibility index (Phi) is 5.95. The van der Waals surface area contributed by atoms with E-state index in [1.165, 1.54) is 17.7 Å². The van der Waals surface area contributed by atoms with Gasteiger partial charge in [0.25, 0.3) is 0 Å². The molecule has 0 spiro atoms. The van der Waals surface area contributed by atoms with E-state index >= 15 is 0 Å². The minimum atomic E-state index is -0.205. The summed E-state index contributed by atoms with van der Waals surface area (Å²) < 4.78 is 13.0. The van der Waals surface area contributed by atoms with Gasteiger partial charge in [0.05, 0.1) is 0 Å². The molecular formula is C19H21FN4S. The first-order valence-electron chi connectivity index (χ1n) is 8.34. The van der Waals surface area contributed by atoms with Gasteiger partial charge in [-0.2, -0.15) is 5.10 Å². The smallest absolute Gasteiger partial charge is 0.187 e. The van der Waals surface area contributed by atoms with Crippen molar-refractivity contribution in [1.29, 1.82) is 0 Å². The highest BCUT2D eigenvalue weighted by atomic mass is 32.1. The van der Waals surface area contributed by atoms with Gasteiger partial charge in [-0.3, -0.25) is 5.43 Å². The Hall–Kier alpha value is -2.47. The third kappa shape index (κ3) is 5.26. The molecule has 0 saturated carbocycles. The zero-order valence-electron chi connectivity index (χ0n) is 13.9. The van der Waals surface area contributed by atoms with Crippen LogP contribution >= 0.6 is 12.2 Å². The van der Waals surface area contributed by atoms with Gasteiger partial charge >= 0.3 is 0 Å². The molecule has 2 aromatic rings. The van der Waals surface area contributed by atoms with E-state index in [0.29, 0.717) is 11.7 Å². The Morgan fingerprint density at radius 3 is 2.40 bits per heavy atom. The van der Waals surface area contributed by atoms with Gasteiger partial charge in [0.15, 0.2) is 5.11 Å². The van der Waals surface area contributed by atoms with E-state index in [2.05, 4.69) is 20.7 Å². The van der Waals surface area contributed by atoms with Crippen molar-refractivity contribution >= 4 is 28.7 Å². The summed E-state index contributed by atoms with van der Waals surface area (Å²) in [6.07, 6.45) is 1.73. The maximum Gasteiger partial charge on any atom is 0.187 e. The molecule has 2 aromatic carbocycles. The van der Waals surface area contributed by atoms with Crippen molar-refractivity contribution in [1.82, 2.24) is 10.7 Å². The van der Waals surface area contributed by atoms with Crippen molar-refractivity contribution in [2.24, 2.45) is 5.10 Å². The lowest BCUT2D eigenvalue weighted by molar-refractivity contribution is 0.627. The van der Waals surface area contributed by atoms with Gasteiger partial charge in [0.2, 0.25) is 0 Å². The molecule has 130 valence electrons. The molecule has 1 aliphatic rings. The van der Waals surface area contributed by atoms with Gasteiger partial charge in [0, 0.05) is 43.9 Å². The average Bonchev–Trinajstić information content (AvgIpc) is 2.67. The monoisotopic (exact) mass is 356 g/mol. The predicted octanol–water partition coefficient (Wildman–Crippen LogP) is 3.45. The molecule has 0 unspecified atom stereocenters. The van der Waals surface area contributed by atoms with Gasteiger partial charge in [-0.05, 0) is 42.0 Å². The van der Waals surface area contributed by atoms with Gasteiger partial charge in [-0.15, -0.1) is 0 Å². The largest absolute Gasteiger partial charge is 0.371 e. The highest BCUT2D eigenvalue weighted by molar-refractivity contribution is 7.80. The molecule has 4 nitrogen and oxygen atoms in total. The molecule has 0 bridgehead atoms. The molecule has 0 amide bonds. The van der Waals surface area contributed by atoms with Crippen LogP contribution in [-0.2, 0) is 6.54 Å². The fourth-order valence-corrected chi connectivity index (χ4v) is 2.85. The molecule has 0 aliphatic carbocycles. The Morgan fingerprint density at radius 1 is 1.04 bits per heavy atom. The van der Waals surface area contributed by atoms with Crippen LogP contribution < -0.4 is 15.6 Å². The highest BCUT2D eigenvalue weighted by Crippen LogP contribution is 2.19. The lowest BCUT2D eigenvalue weighted by atomic mass is 10.1. The van der Waals surface area contributed by atoms with Crippen LogP contribution in [0.3, 0.4) is 0 Å². The second kappa shape index (κ2) is 8.58. The van der Waals surface area contributed by atoms with Crippen LogP contribution in [0.2, 0.25) is 0 Å². The molecule has 1 fully saturated rings. The highest BCUT2D eigenvalue weighted by Gasteiger charge is 2.15. The second-order valence-corrected chi connectivity index (χ2v) is 6.33. The van der Waals surface area contributed by atoms with Crippen LogP contribution in [-0.4, -0.2) is 23.9 Å². The topological polar surface area (TPSA) is 39.7 Å². The van der Waals surface area contributed by atoms with E-state index < -0.39 is 0 Å². The number of halogens is 1.